The summed E-state index contributed by atoms with van der Waals surface area (Å²) in [5.74, 6) is -0.0346. The van der Waals surface area contributed by atoms with E-state index in [-0.39, 0.29) is 5.97 Å². The fourth-order valence-corrected chi connectivity index (χ4v) is 3.13. The van der Waals surface area contributed by atoms with Crippen LogP contribution in [0.4, 0.5) is 0 Å². The van der Waals surface area contributed by atoms with Crippen LogP contribution in [-0.2, 0) is 9.53 Å². The standard InChI is InChI=1S/C22H45NO2/c1-3-5-6-7-8-9-10-11-12-13-14-15-16-17-18-19-22(24)25-21-20-23-4-2/h23H,3-21H2,1-2H3. The molecule has 150 valence electrons. The zero-order valence-corrected chi connectivity index (χ0v) is 17.3. The summed E-state index contributed by atoms with van der Waals surface area (Å²) in [5, 5.41) is 3.15. The minimum atomic E-state index is -0.0346. The Morgan fingerprint density at radius 2 is 1.12 bits per heavy atom. The number of ether oxygens (including phenoxy) is 1. The third kappa shape index (κ3) is 21.4. The van der Waals surface area contributed by atoms with Crippen LogP contribution < -0.4 is 5.32 Å². The van der Waals surface area contributed by atoms with Gasteiger partial charge in [-0.3, -0.25) is 4.79 Å². The first-order valence-electron chi connectivity index (χ1n) is 11.2. The number of likely N-dealkylation sites (N-methyl/N-ethyl adjacent to an activating group) is 1. The molecule has 0 aliphatic heterocycles. The minimum Gasteiger partial charge on any atom is -0.464 e. The van der Waals surface area contributed by atoms with Gasteiger partial charge in [-0.25, -0.2) is 0 Å². The van der Waals surface area contributed by atoms with Gasteiger partial charge in [0.2, 0.25) is 0 Å². The SMILES string of the molecule is CCCCCCCCCCCCCCCCCC(=O)OCCNCC. The molecule has 0 aliphatic carbocycles. The van der Waals surface area contributed by atoms with Gasteiger partial charge in [-0.15, -0.1) is 0 Å². The van der Waals surface area contributed by atoms with Crippen LogP contribution in [-0.4, -0.2) is 25.7 Å². The fourth-order valence-electron chi connectivity index (χ4n) is 3.13. The van der Waals surface area contributed by atoms with E-state index in [2.05, 4.69) is 19.2 Å². The smallest absolute Gasteiger partial charge is 0.305 e. The van der Waals surface area contributed by atoms with Gasteiger partial charge in [-0.2, -0.15) is 0 Å². The van der Waals surface area contributed by atoms with Crippen LogP contribution in [0.3, 0.4) is 0 Å². The summed E-state index contributed by atoms with van der Waals surface area (Å²) in [7, 11) is 0. The third-order valence-electron chi connectivity index (χ3n) is 4.78. The summed E-state index contributed by atoms with van der Waals surface area (Å²) in [6.07, 6.45) is 20.9. The first kappa shape index (κ1) is 24.4. The second kappa shape index (κ2) is 21.5. The topological polar surface area (TPSA) is 38.3 Å². The number of esters is 1. The summed E-state index contributed by atoms with van der Waals surface area (Å²) in [4.78, 5) is 11.5. The molecule has 0 aromatic carbocycles. The fraction of sp³-hybridized carbons (Fsp3) is 0.955. The third-order valence-corrected chi connectivity index (χ3v) is 4.78. The Hall–Kier alpha value is -0.570. The molecule has 1 N–H and O–H groups in total. The van der Waals surface area contributed by atoms with Crippen LogP contribution in [0.5, 0.6) is 0 Å². The highest BCUT2D eigenvalue weighted by molar-refractivity contribution is 5.69. The molecule has 0 unspecified atom stereocenters. The lowest BCUT2D eigenvalue weighted by Gasteiger charge is -2.05. The second-order valence-corrected chi connectivity index (χ2v) is 7.27. The highest BCUT2D eigenvalue weighted by Gasteiger charge is 2.02. The molecule has 3 heteroatoms. The van der Waals surface area contributed by atoms with Crippen molar-refractivity contribution in [3.63, 3.8) is 0 Å². The van der Waals surface area contributed by atoms with Crippen LogP contribution >= 0.6 is 0 Å². The molecule has 0 heterocycles. The first-order valence-corrected chi connectivity index (χ1v) is 11.2. The van der Waals surface area contributed by atoms with Gasteiger partial charge >= 0.3 is 5.97 Å². The van der Waals surface area contributed by atoms with Crippen molar-refractivity contribution in [1.29, 1.82) is 0 Å². The number of nitrogens with one attached hydrogen (secondary N) is 1. The van der Waals surface area contributed by atoms with Gasteiger partial charge < -0.3 is 10.1 Å². The van der Waals surface area contributed by atoms with Crippen molar-refractivity contribution in [3.8, 4) is 0 Å². The van der Waals surface area contributed by atoms with Crippen molar-refractivity contribution in [2.75, 3.05) is 19.7 Å². The molecule has 0 bridgehead atoms. The predicted molar refractivity (Wildman–Crippen MR) is 109 cm³/mol. The number of hydrogen-bond acceptors (Lipinski definition) is 3. The van der Waals surface area contributed by atoms with Crippen LogP contribution in [0.25, 0.3) is 0 Å². The van der Waals surface area contributed by atoms with Gasteiger partial charge in [0, 0.05) is 13.0 Å². The van der Waals surface area contributed by atoms with Gasteiger partial charge in [-0.1, -0.05) is 104 Å². The molecule has 0 aliphatic rings. The summed E-state index contributed by atoms with van der Waals surface area (Å²) in [5.41, 5.74) is 0. The lowest BCUT2D eigenvalue weighted by molar-refractivity contribution is -0.143. The van der Waals surface area contributed by atoms with Crippen molar-refractivity contribution in [2.24, 2.45) is 0 Å². The summed E-state index contributed by atoms with van der Waals surface area (Å²) in [6, 6.07) is 0. The normalized spacial score (nSPS) is 11.0. The highest BCUT2D eigenvalue weighted by Crippen LogP contribution is 2.13. The number of unbranched alkanes of at least 4 members (excludes halogenated alkanes) is 14. The van der Waals surface area contributed by atoms with E-state index in [1.165, 1.54) is 89.9 Å². The van der Waals surface area contributed by atoms with E-state index in [1.807, 2.05) is 0 Å². The van der Waals surface area contributed by atoms with Gasteiger partial charge in [-0.05, 0) is 13.0 Å². The van der Waals surface area contributed by atoms with Gasteiger partial charge in [0.1, 0.15) is 6.61 Å². The molecule has 0 radical (unpaired) electrons. The molecule has 0 aromatic heterocycles. The molecule has 0 fully saturated rings. The maximum Gasteiger partial charge on any atom is 0.305 e. The molecular formula is C22H45NO2. The molecular weight excluding hydrogens is 310 g/mol. The van der Waals surface area contributed by atoms with Gasteiger partial charge in [0.25, 0.3) is 0 Å². The summed E-state index contributed by atoms with van der Waals surface area (Å²) in [6.45, 7) is 6.53. The molecule has 0 saturated heterocycles. The van der Waals surface area contributed by atoms with E-state index < -0.39 is 0 Å². The van der Waals surface area contributed by atoms with E-state index >= 15 is 0 Å². The van der Waals surface area contributed by atoms with Crippen molar-refractivity contribution >= 4 is 5.97 Å². The Morgan fingerprint density at radius 3 is 1.56 bits per heavy atom. The van der Waals surface area contributed by atoms with Gasteiger partial charge in [0.05, 0.1) is 0 Å². The van der Waals surface area contributed by atoms with E-state index in [0.29, 0.717) is 13.0 Å². The average molecular weight is 356 g/mol. The molecule has 3 nitrogen and oxygen atoms in total. The monoisotopic (exact) mass is 355 g/mol. The molecule has 0 atom stereocenters. The van der Waals surface area contributed by atoms with Crippen LogP contribution in [0.1, 0.15) is 117 Å². The Kier molecular flexibility index (Phi) is 21.0. The zero-order valence-electron chi connectivity index (χ0n) is 17.3. The van der Waals surface area contributed by atoms with Crippen molar-refractivity contribution in [2.45, 2.75) is 117 Å². The van der Waals surface area contributed by atoms with Crippen LogP contribution in [0.2, 0.25) is 0 Å². The van der Waals surface area contributed by atoms with E-state index in [9.17, 15) is 4.79 Å². The number of carbonyl (C=O) groups is 1. The molecule has 0 aromatic rings. The Balaban J connectivity index is 3.08. The van der Waals surface area contributed by atoms with Crippen molar-refractivity contribution in [1.82, 2.24) is 5.32 Å². The minimum absolute atomic E-state index is 0.0346. The molecule has 25 heavy (non-hydrogen) atoms. The summed E-state index contributed by atoms with van der Waals surface area (Å²) < 4.78 is 5.16. The Morgan fingerprint density at radius 1 is 0.680 bits per heavy atom. The zero-order chi connectivity index (χ0) is 18.4. The number of hydrogen-bond donors (Lipinski definition) is 1. The van der Waals surface area contributed by atoms with Gasteiger partial charge in [0.15, 0.2) is 0 Å². The maximum atomic E-state index is 11.5. The Bertz CT molecular complexity index is 269. The van der Waals surface area contributed by atoms with Crippen LogP contribution in [0.15, 0.2) is 0 Å². The van der Waals surface area contributed by atoms with E-state index in [4.69, 9.17) is 4.74 Å². The van der Waals surface area contributed by atoms with E-state index in [0.717, 1.165) is 19.5 Å². The van der Waals surface area contributed by atoms with Crippen molar-refractivity contribution in [3.05, 3.63) is 0 Å². The number of carbonyl (C=O) groups excluding carboxylic acids is 1. The number of rotatable bonds is 20. The summed E-state index contributed by atoms with van der Waals surface area (Å²) >= 11 is 0. The average Bonchev–Trinajstić information content (AvgIpc) is 2.62. The molecule has 0 saturated carbocycles. The molecule has 0 amide bonds. The Labute approximate surface area is 157 Å². The maximum absolute atomic E-state index is 11.5. The molecule has 0 spiro atoms. The predicted octanol–water partition coefficient (Wildman–Crippen LogP) is 6.40. The largest absolute Gasteiger partial charge is 0.464 e. The van der Waals surface area contributed by atoms with E-state index in [1.54, 1.807) is 0 Å². The second-order valence-electron chi connectivity index (χ2n) is 7.27. The van der Waals surface area contributed by atoms with Crippen molar-refractivity contribution < 1.29 is 9.53 Å². The quantitative estimate of drug-likeness (QED) is 0.203. The lowest BCUT2D eigenvalue weighted by Crippen LogP contribution is -2.20. The van der Waals surface area contributed by atoms with Crippen LogP contribution in [0, 0.1) is 0 Å². The molecule has 0 rings (SSSR count). The highest BCUT2D eigenvalue weighted by atomic mass is 16.5. The first-order chi connectivity index (χ1) is 12.3. The lowest BCUT2D eigenvalue weighted by atomic mass is 10.0.